The van der Waals surface area contributed by atoms with Crippen molar-refractivity contribution in [2.45, 2.75) is 18.6 Å². The second kappa shape index (κ2) is 7.79. The van der Waals surface area contributed by atoms with Gasteiger partial charge in [-0.15, -0.1) is 0 Å². The van der Waals surface area contributed by atoms with Crippen LogP contribution in [0, 0.1) is 0 Å². The molecule has 0 radical (unpaired) electrons. The Morgan fingerprint density at radius 2 is 1.45 bits per heavy atom. The van der Waals surface area contributed by atoms with Gasteiger partial charge in [-0.3, -0.25) is 0 Å². The first kappa shape index (κ1) is 18.0. The third kappa shape index (κ3) is 3.87. The van der Waals surface area contributed by atoms with E-state index in [1.807, 2.05) is 0 Å². The Labute approximate surface area is 189 Å². The quantitative estimate of drug-likeness (QED) is 0.210. The summed E-state index contributed by atoms with van der Waals surface area (Å²) in [5.41, 5.74) is -1.17. The summed E-state index contributed by atoms with van der Waals surface area (Å²) in [4.78, 5) is 13.0. The maximum absolute atomic E-state index is 13.0. The topological polar surface area (TPSA) is 197 Å². The molecule has 1 aliphatic rings. The SMILES string of the molecule is [2H]c1c([C@H]2Oc3cc(O)cc(O)c3C[C@H]2OC(=O)c2c([2H])c(O)c(O)c(O)c2[2H])cc(O)c(O)c1O. The van der Waals surface area contributed by atoms with E-state index in [0.717, 1.165) is 18.2 Å². The van der Waals surface area contributed by atoms with Crippen molar-refractivity contribution in [1.82, 2.24) is 0 Å². The van der Waals surface area contributed by atoms with Crippen LogP contribution in [0.4, 0.5) is 0 Å². The Morgan fingerprint density at radius 3 is 2.12 bits per heavy atom. The van der Waals surface area contributed by atoms with Gasteiger partial charge in [-0.1, -0.05) is 0 Å². The Bertz CT molecular complexity index is 1390. The molecule has 0 spiro atoms. The first-order valence-electron chi connectivity index (χ1n) is 10.7. The summed E-state index contributed by atoms with van der Waals surface area (Å²) in [6.45, 7) is 0. The van der Waals surface area contributed by atoms with E-state index in [-0.39, 0.29) is 23.3 Å². The average Bonchev–Trinajstić information content (AvgIpc) is 2.82. The van der Waals surface area contributed by atoms with Gasteiger partial charge in [0.25, 0.3) is 0 Å². The highest BCUT2D eigenvalue weighted by molar-refractivity contribution is 5.91. The van der Waals surface area contributed by atoms with Crippen molar-refractivity contribution >= 4 is 5.97 Å². The van der Waals surface area contributed by atoms with Crippen LogP contribution in [0.15, 0.2) is 36.3 Å². The van der Waals surface area contributed by atoms with Crippen LogP contribution >= 0.6 is 0 Å². The molecule has 0 bridgehead atoms. The number of hydrogen-bond donors (Lipinski definition) is 8. The number of carbonyl (C=O) groups is 1. The summed E-state index contributed by atoms with van der Waals surface area (Å²) in [6, 6.07) is 0.191. The summed E-state index contributed by atoms with van der Waals surface area (Å²) in [5, 5.41) is 79.0. The lowest BCUT2D eigenvalue weighted by Gasteiger charge is -2.34. The molecule has 8 N–H and O–H groups in total. The lowest BCUT2D eigenvalue weighted by atomic mass is 9.93. The van der Waals surface area contributed by atoms with Crippen molar-refractivity contribution in [3.05, 3.63) is 53.0 Å². The van der Waals surface area contributed by atoms with Crippen LogP contribution in [-0.4, -0.2) is 52.9 Å². The van der Waals surface area contributed by atoms with Crippen molar-refractivity contribution in [2.24, 2.45) is 0 Å². The number of benzene rings is 3. The minimum absolute atomic E-state index is 0.0502. The summed E-state index contributed by atoms with van der Waals surface area (Å²) in [5.74, 6) is -8.78. The summed E-state index contributed by atoms with van der Waals surface area (Å²) in [7, 11) is 0. The molecule has 0 saturated heterocycles. The largest absolute Gasteiger partial charge is 0.508 e. The molecule has 0 unspecified atom stereocenters. The number of carbonyl (C=O) groups excluding carboxylic acids is 1. The number of aromatic hydroxyl groups is 8. The van der Waals surface area contributed by atoms with Gasteiger partial charge in [0.05, 0.1) is 9.68 Å². The lowest BCUT2D eigenvalue weighted by Crippen LogP contribution is -2.34. The van der Waals surface area contributed by atoms with Gasteiger partial charge in [0, 0.05) is 29.7 Å². The van der Waals surface area contributed by atoms with E-state index < -0.39 is 87.9 Å². The fourth-order valence-electron chi connectivity index (χ4n) is 3.33. The fraction of sp³-hybridized carbons (Fsp3) is 0.136. The molecule has 33 heavy (non-hydrogen) atoms. The Balaban J connectivity index is 1.83. The van der Waals surface area contributed by atoms with Crippen LogP contribution in [-0.2, 0) is 11.2 Å². The van der Waals surface area contributed by atoms with Gasteiger partial charge < -0.3 is 50.3 Å². The number of rotatable bonds is 3. The zero-order valence-electron chi connectivity index (χ0n) is 19.4. The maximum Gasteiger partial charge on any atom is 0.338 e. The predicted molar refractivity (Wildman–Crippen MR) is 109 cm³/mol. The van der Waals surface area contributed by atoms with Crippen LogP contribution in [0.1, 0.15) is 31.7 Å². The number of phenols is 8. The maximum atomic E-state index is 13.0. The molecule has 3 aromatic rings. The highest BCUT2D eigenvalue weighted by Gasteiger charge is 2.37. The molecule has 1 aliphatic heterocycles. The van der Waals surface area contributed by atoms with Crippen LogP contribution < -0.4 is 4.74 Å². The Hall–Kier alpha value is -4.67. The van der Waals surface area contributed by atoms with Crippen LogP contribution in [0.2, 0.25) is 0 Å². The van der Waals surface area contributed by atoms with Gasteiger partial charge in [-0.25, -0.2) is 4.79 Å². The molecule has 0 aromatic heterocycles. The molecule has 0 amide bonds. The summed E-state index contributed by atoms with van der Waals surface area (Å²) >= 11 is 0. The minimum Gasteiger partial charge on any atom is -0.508 e. The zero-order valence-corrected chi connectivity index (χ0v) is 16.4. The monoisotopic (exact) mass is 461 g/mol. The molecule has 1 heterocycles. The number of hydrogen-bond acceptors (Lipinski definition) is 11. The van der Waals surface area contributed by atoms with E-state index in [2.05, 4.69) is 0 Å². The van der Waals surface area contributed by atoms with Gasteiger partial charge >= 0.3 is 5.97 Å². The van der Waals surface area contributed by atoms with Gasteiger partial charge in [0.2, 0.25) is 0 Å². The molecule has 0 fully saturated rings. The van der Waals surface area contributed by atoms with E-state index in [0.29, 0.717) is 0 Å². The average molecular weight is 461 g/mol. The van der Waals surface area contributed by atoms with E-state index in [1.54, 1.807) is 0 Å². The molecular formula is C22H18O11. The normalized spacial score (nSPS) is 18.4. The van der Waals surface area contributed by atoms with Crippen molar-refractivity contribution < 1.29 is 59.2 Å². The van der Waals surface area contributed by atoms with Crippen LogP contribution in [0.5, 0.6) is 51.7 Å². The predicted octanol–water partition coefficient (Wildman–Crippen LogP) is 2.23. The second-order valence-electron chi connectivity index (χ2n) is 7.11. The van der Waals surface area contributed by atoms with E-state index in [4.69, 9.17) is 13.6 Å². The van der Waals surface area contributed by atoms with E-state index in [1.165, 1.54) is 0 Å². The van der Waals surface area contributed by atoms with Gasteiger partial charge in [0.15, 0.2) is 40.6 Å². The summed E-state index contributed by atoms with van der Waals surface area (Å²) in [6.07, 6.45) is -3.32. The summed E-state index contributed by atoms with van der Waals surface area (Å²) < 4.78 is 35.0. The van der Waals surface area contributed by atoms with E-state index >= 15 is 0 Å². The highest BCUT2D eigenvalue weighted by Crippen LogP contribution is 2.46. The molecular weight excluding hydrogens is 440 g/mol. The highest BCUT2D eigenvalue weighted by atomic mass is 16.6. The standard InChI is InChI=1S/C22H18O11/c23-10-5-12(24)11-7-18(33-22(31)9-3-15(27)20(30)16(28)4-9)21(32-17(11)6-10)8-1-13(25)19(29)14(26)2-8/h1-6,18,21,23-30H,7H2/t18-,21-/m1/s1/i1D,3D,4D. The third-order valence-electron chi connectivity index (χ3n) is 4.89. The number of ether oxygens (including phenoxy) is 2. The van der Waals surface area contributed by atoms with Crippen molar-refractivity contribution in [1.29, 1.82) is 0 Å². The fourth-order valence-corrected chi connectivity index (χ4v) is 3.33. The molecule has 3 aromatic carbocycles. The smallest absolute Gasteiger partial charge is 0.338 e. The minimum atomic E-state index is -1.50. The zero-order chi connectivity index (χ0) is 26.6. The van der Waals surface area contributed by atoms with Gasteiger partial charge in [0.1, 0.15) is 23.4 Å². The van der Waals surface area contributed by atoms with Gasteiger partial charge in [-0.2, -0.15) is 0 Å². The van der Waals surface area contributed by atoms with Gasteiger partial charge in [-0.05, 0) is 24.2 Å². The molecule has 0 saturated carbocycles. The van der Waals surface area contributed by atoms with Crippen LogP contribution in [0.3, 0.4) is 0 Å². The molecule has 0 aliphatic carbocycles. The Morgan fingerprint density at radius 1 is 0.848 bits per heavy atom. The first-order valence-corrected chi connectivity index (χ1v) is 9.24. The lowest BCUT2D eigenvalue weighted by molar-refractivity contribution is -0.0189. The third-order valence-corrected chi connectivity index (χ3v) is 4.89. The Kier molecular flexibility index (Phi) is 4.24. The first-order chi connectivity index (χ1) is 16.8. The van der Waals surface area contributed by atoms with E-state index in [9.17, 15) is 45.6 Å². The van der Waals surface area contributed by atoms with Crippen molar-refractivity contribution in [3.8, 4) is 51.7 Å². The van der Waals surface area contributed by atoms with Crippen LogP contribution in [0.25, 0.3) is 0 Å². The molecule has 2 atom stereocenters. The molecule has 11 heteroatoms. The molecule has 172 valence electrons. The second-order valence-corrected chi connectivity index (χ2v) is 7.11. The number of esters is 1. The number of phenolic OH excluding ortho intramolecular Hbond substituents is 8. The van der Waals surface area contributed by atoms with Crippen molar-refractivity contribution in [3.63, 3.8) is 0 Å². The molecule has 11 nitrogen and oxygen atoms in total. The van der Waals surface area contributed by atoms with Crippen molar-refractivity contribution in [2.75, 3.05) is 0 Å². The molecule has 4 rings (SSSR count). The number of fused-ring (bicyclic) bond motifs is 1.